The Morgan fingerprint density at radius 3 is 2.57 bits per heavy atom. The molecule has 3 heterocycles. The summed E-state index contributed by atoms with van der Waals surface area (Å²) in [6.45, 7) is 1.12. The van der Waals surface area contributed by atoms with E-state index in [1.54, 1.807) is 17.0 Å². The van der Waals surface area contributed by atoms with Crippen LogP contribution in [0.5, 0.6) is 0 Å². The van der Waals surface area contributed by atoms with Gasteiger partial charge in [0.05, 0.1) is 24.7 Å². The molecule has 1 amide bonds. The van der Waals surface area contributed by atoms with Gasteiger partial charge >= 0.3 is 0 Å². The third-order valence-electron chi connectivity index (χ3n) is 5.63. The summed E-state index contributed by atoms with van der Waals surface area (Å²) < 4.78 is 6.68. The SMILES string of the molecule is O=C(CCc1ccccc1)N1CCC(O)(Cn2cnc(-c3ccco3)cc2=O)CC1. The van der Waals surface area contributed by atoms with E-state index < -0.39 is 5.60 Å². The van der Waals surface area contributed by atoms with Gasteiger partial charge in [0, 0.05) is 25.6 Å². The van der Waals surface area contributed by atoms with Crippen molar-refractivity contribution in [1.82, 2.24) is 14.5 Å². The highest BCUT2D eigenvalue weighted by molar-refractivity contribution is 5.76. The Balaban J connectivity index is 1.32. The van der Waals surface area contributed by atoms with Crippen molar-refractivity contribution in [3.8, 4) is 11.5 Å². The lowest BCUT2D eigenvalue weighted by molar-refractivity contribution is -0.135. The maximum Gasteiger partial charge on any atom is 0.254 e. The van der Waals surface area contributed by atoms with Gasteiger partial charge in [-0.2, -0.15) is 0 Å². The molecule has 1 fully saturated rings. The number of nitrogens with zero attached hydrogens (tertiary/aromatic N) is 3. The van der Waals surface area contributed by atoms with Gasteiger partial charge in [-0.1, -0.05) is 30.3 Å². The molecule has 1 saturated heterocycles. The van der Waals surface area contributed by atoms with Crippen molar-refractivity contribution in [2.24, 2.45) is 0 Å². The van der Waals surface area contributed by atoms with Gasteiger partial charge in [0.1, 0.15) is 5.69 Å². The van der Waals surface area contributed by atoms with E-state index in [0.717, 1.165) is 5.56 Å². The standard InChI is InChI=1S/C23H25N3O4/c27-21(9-8-18-5-2-1-3-6-18)25-12-10-23(29,11-13-25)16-26-17-24-19(15-22(26)28)20-7-4-14-30-20/h1-7,14-15,17,29H,8-13,16H2. The first kappa shape index (κ1) is 20.1. The lowest BCUT2D eigenvalue weighted by atomic mass is 9.91. The number of aryl methyl sites for hydroxylation is 1. The van der Waals surface area contributed by atoms with Crippen LogP contribution in [0, 0.1) is 0 Å². The van der Waals surface area contributed by atoms with E-state index in [4.69, 9.17) is 4.42 Å². The van der Waals surface area contributed by atoms with Crippen molar-refractivity contribution in [1.29, 1.82) is 0 Å². The second-order valence-electron chi connectivity index (χ2n) is 7.81. The molecule has 30 heavy (non-hydrogen) atoms. The number of likely N-dealkylation sites (tertiary alicyclic amines) is 1. The van der Waals surface area contributed by atoms with Crippen molar-refractivity contribution in [2.75, 3.05) is 13.1 Å². The smallest absolute Gasteiger partial charge is 0.254 e. The first-order valence-electron chi connectivity index (χ1n) is 10.2. The van der Waals surface area contributed by atoms with E-state index in [9.17, 15) is 14.7 Å². The van der Waals surface area contributed by atoms with E-state index in [2.05, 4.69) is 4.98 Å². The highest BCUT2D eigenvalue weighted by Gasteiger charge is 2.34. The van der Waals surface area contributed by atoms with Crippen LogP contribution in [0.1, 0.15) is 24.8 Å². The third kappa shape index (κ3) is 4.68. The van der Waals surface area contributed by atoms with Gasteiger partial charge in [-0.15, -0.1) is 0 Å². The van der Waals surface area contributed by atoms with E-state index in [-0.39, 0.29) is 18.0 Å². The topological polar surface area (TPSA) is 88.6 Å². The van der Waals surface area contributed by atoms with Gasteiger partial charge in [-0.25, -0.2) is 4.98 Å². The Morgan fingerprint density at radius 1 is 1.13 bits per heavy atom. The van der Waals surface area contributed by atoms with Crippen LogP contribution in [0.3, 0.4) is 0 Å². The summed E-state index contributed by atoms with van der Waals surface area (Å²) in [5.74, 6) is 0.628. The number of hydrogen-bond donors (Lipinski definition) is 1. The molecule has 4 rings (SSSR count). The quantitative estimate of drug-likeness (QED) is 0.678. The van der Waals surface area contributed by atoms with Crippen LogP contribution in [0.25, 0.3) is 11.5 Å². The highest BCUT2D eigenvalue weighted by atomic mass is 16.3. The molecule has 0 atom stereocenters. The summed E-state index contributed by atoms with van der Waals surface area (Å²) in [5.41, 5.74) is 0.330. The molecule has 1 aliphatic rings. The molecule has 156 valence electrons. The maximum absolute atomic E-state index is 12.5. The number of hydrogen-bond acceptors (Lipinski definition) is 5. The molecule has 1 N–H and O–H groups in total. The molecule has 1 aromatic carbocycles. The fraction of sp³-hybridized carbons (Fsp3) is 0.348. The van der Waals surface area contributed by atoms with Crippen LogP contribution in [-0.4, -0.2) is 44.2 Å². The number of carbonyl (C=O) groups excluding carboxylic acids is 1. The Labute approximate surface area is 174 Å². The first-order chi connectivity index (χ1) is 14.5. The Kier molecular flexibility index (Phi) is 5.81. The van der Waals surface area contributed by atoms with Crippen LogP contribution in [0.2, 0.25) is 0 Å². The van der Waals surface area contributed by atoms with Gasteiger partial charge in [0.25, 0.3) is 5.56 Å². The highest BCUT2D eigenvalue weighted by Crippen LogP contribution is 2.24. The summed E-state index contributed by atoms with van der Waals surface area (Å²) in [6, 6.07) is 14.8. The number of aliphatic hydroxyl groups is 1. The zero-order chi connectivity index (χ0) is 21.0. The summed E-state index contributed by atoms with van der Waals surface area (Å²) in [4.78, 5) is 31.0. The molecular formula is C23H25N3O4. The van der Waals surface area contributed by atoms with Crippen molar-refractivity contribution < 1.29 is 14.3 Å². The van der Waals surface area contributed by atoms with Crippen molar-refractivity contribution >= 4 is 5.91 Å². The average molecular weight is 407 g/mol. The monoisotopic (exact) mass is 407 g/mol. The molecular weight excluding hydrogens is 382 g/mol. The minimum atomic E-state index is -1.03. The maximum atomic E-state index is 12.5. The number of carbonyl (C=O) groups is 1. The summed E-state index contributed by atoms with van der Waals surface area (Å²) >= 11 is 0. The molecule has 0 spiro atoms. The molecule has 7 nitrogen and oxygen atoms in total. The zero-order valence-electron chi connectivity index (χ0n) is 16.7. The van der Waals surface area contributed by atoms with Gasteiger partial charge in [0.2, 0.25) is 5.91 Å². The number of benzene rings is 1. The third-order valence-corrected chi connectivity index (χ3v) is 5.63. The summed E-state index contributed by atoms with van der Waals surface area (Å²) in [6.07, 6.45) is 4.99. The second kappa shape index (κ2) is 8.67. The average Bonchev–Trinajstić information content (AvgIpc) is 3.30. The minimum absolute atomic E-state index is 0.0996. The summed E-state index contributed by atoms with van der Waals surface area (Å²) in [5, 5.41) is 11.0. The van der Waals surface area contributed by atoms with Crippen LogP contribution >= 0.6 is 0 Å². The van der Waals surface area contributed by atoms with Gasteiger partial charge in [0.15, 0.2) is 5.76 Å². The molecule has 1 aliphatic heterocycles. The summed E-state index contributed by atoms with van der Waals surface area (Å²) in [7, 11) is 0. The normalized spacial score (nSPS) is 15.8. The predicted molar refractivity (Wildman–Crippen MR) is 112 cm³/mol. The Morgan fingerprint density at radius 2 is 1.90 bits per heavy atom. The van der Waals surface area contributed by atoms with Gasteiger partial charge in [-0.05, 0) is 37.0 Å². The van der Waals surface area contributed by atoms with Crippen LogP contribution in [0.15, 0.2) is 70.3 Å². The van der Waals surface area contributed by atoms with Crippen LogP contribution in [0.4, 0.5) is 0 Å². The lowest BCUT2D eigenvalue weighted by Gasteiger charge is -2.38. The number of aromatic nitrogens is 2. The molecule has 0 radical (unpaired) electrons. The molecule has 0 bridgehead atoms. The Bertz CT molecular complexity index is 1040. The van der Waals surface area contributed by atoms with Gasteiger partial charge < -0.3 is 14.4 Å². The number of furan rings is 1. The van der Waals surface area contributed by atoms with E-state index in [1.807, 2.05) is 30.3 Å². The first-order valence-corrected chi connectivity index (χ1v) is 10.2. The minimum Gasteiger partial charge on any atom is -0.463 e. The molecule has 3 aromatic rings. The molecule has 7 heteroatoms. The molecule has 0 saturated carbocycles. The zero-order valence-corrected chi connectivity index (χ0v) is 16.7. The van der Waals surface area contributed by atoms with E-state index in [0.29, 0.717) is 50.2 Å². The van der Waals surface area contributed by atoms with Crippen LogP contribution < -0.4 is 5.56 Å². The largest absolute Gasteiger partial charge is 0.463 e. The molecule has 0 unspecified atom stereocenters. The predicted octanol–water partition coefficient (Wildman–Crippen LogP) is 2.49. The van der Waals surface area contributed by atoms with Crippen molar-refractivity contribution in [2.45, 2.75) is 37.8 Å². The molecule has 2 aromatic heterocycles. The van der Waals surface area contributed by atoms with Crippen molar-refractivity contribution in [3.05, 3.63) is 77.0 Å². The number of rotatable bonds is 6. The molecule has 0 aliphatic carbocycles. The van der Waals surface area contributed by atoms with E-state index in [1.165, 1.54) is 23.2 Å². The van der Waals surface area contributed by atoms with Crippen molar-refractivity contribution in [3.63, 3.8) is 0 Å². The lowest BCUT2D eigenvalue weighted by Crippen LogP contribution is -2.49. The number of piperidine rings is 1. The Hall–Kier alpha value is -3.19. The van der Waals surface area contributed by atoms with Gasteiger partial charge in [-0.3, -0.25) is 14.2 Å². The second-order valence-corrected chi connectivity index (χ2v) is 7.81. The van der Waals surface area contributed by atoms with E-state index >= 15 is 0 Å². The number of amides is 1. The van der Waals surface area contributed by atoms with Crippen LogP contribution in [-0.2, 0) is 17.8 Å². The fourth-order valence-corrected chi connectivity index (χ4v) is 3.81. The fourth-order valence-electron chi connectivity index (χ4n) is 3.81.